The van der Waals surface area contributed by atoms with Crippen LogP contribution in [0.15, 0.2) is 60.7 Å². The SMILES string of the molecule is Cc1nn(-c2ccc(Cl)nn2)c2c1C(c1ccccc1OCc1ccccc1F)CC(=O)N2. The third-order valence-corrected chi connectivity index (χ3v) is 5.77. The lowest BCUT2D eigenvalue weighted by Gasteiger charge is -2.26. The van der Waals surface area contributed by atoms with Crippen molar-refractivity contribution in [2.45, 2.75) is 25.9 Å². The lowest BCUT2D eigenvalue weighted by molar-refractivity contribution is -0.116. The standard InChI is InChI=1S/C24H19ClFN5O2/c1-14-23-17(12-22(32)27-24(23)31(30-14)21-11-10-20(25)28-29-21)16-7-3-5-9-19(16)33-13-15-6-2-4-8-18(15)26/h2-11,17H,12-13H2,1H3,(H,27,32). The summed E-state index contributed by atoms with van der Waals surface area (Å²) < 4.78 is 21.6. The summed E-state index contributed by atoms with van der Waals surface area (Å²) in [6.07, 6.45) is 0.228. The Labute approximate surface area is 194 Å². The van der Waals surface area contributed by atoms with Crippen LogP contribution in [0.5, 0.6) is 5.75 Å². The normalized spacial score (nSPS) is 15.1. The van der Waals surface area contributed by atoms with E-state index in [2.05, 4.69) is 20.6 Å². The van der Waals surface area contributed by atoms with Crippen molar-refractivity contribution in [3.8, 4) is 11.6 Å². The fraction of sp³-hybridized carbons (Fsp3) is 0.167. The van der Waals surface area contributed by atoms with Crippen molar-refractivity contribution in [2.75, 3.05) is 5.32 Å². The van der Waals surface area contributed by atoms with E-state index >= 15 is 0 Å². The first-order valence-corrected chi connectivity index (χ1v) is 10.7. The van der Waals surface area contributed by atoms with Crippen molar-refractivity contribution in [1.82, 2.24) is 20.0 Å². The van der Waals surface area contributed by atoms with E-state index in [0.29, 0.717) is 22.9 Å². The number of para-hydroxylation sites is 1. The van der Waals surface area contributed by atoms with Crippen molar-refractivity contribution in [3.05, 3.63) is 94.0 Å². The molecular weight excluding hydrogens is 445 g/mol. The van der Waals surface area contributed by atoms with Crippen LogP contribution in [0.2, 0.25) is 5.15 Å². The maximum atomic E-state index is 14.1. The highest BCUT2D eigenvalue weighted by molar-refractivity contribution is 6.29. The zero-order valence-corrected chi connectivity index (χ0v) is 18.4. The van der Waals surface area contributed by atoms with Gasteiger partial charge in [-0.2, -0.15) is 9.78 Å². The number of fused-ring (bicyclic) bond motifs is 1. The molecule has 2 aromatic carbocycles. The third kappa shape index (κ3) is 4.05. The van der Waals surface area contributed by atoms with Gasteiger partial charge in [-0.1, -0.05) is 48.0 Å². The maximum Gasteiger partial charge on any atom is 0.226 e. The zero-order valence-electron chi connectivity index (χ0n) is 17.6. The second-order valence-electron chi connectivity index (χ2n) is 7.70. The minimum Gasteiger partial charge on any atom is -0.488 e. The fourth-order valence-corrected chi connectivity index (χ4v) is 4.17. The molecule has 0 fully saturated rings. The van der Waals surface area contributed by atoms with Gasteiger partial charge in [0.15, 0.2) is 11.0 Å². The Balaban J connectivity index is 1.54. The topological polar surface area (TPSA) is 81.9 Å². The molecule has 0 spiro atoms. The Morgan fingerprint density at radius 1 is 1.12 bits per heavy atom. The third-order valence-electron chi connectivity index (χ3n) is 5.57. The summed E-state index contributed by atoms with van der Waals surface area (Å²) in [5, 5.41) is 15.7. The van der Waals surface area contributed by atoms with Crippen LogP contribution in [0, 0.1) is 12.7 Å². The van der Waals surface area contributed by atoms with E-state index in [1.54, 1.807) is 35.0 Å². The Morgan fingerprint density at radius 3 is 2.70 bits per heavy atom. The first-order valence-electron chi connectivity index (χ1n) is 10.4. The van der Waals surface area contributed by atoms with Crippen molar-refractivity contribution < 1.29 is 13.9 Å². The zero-order chi connectivity index (χ0) is 22.9. The van der Waals surface area contributed by atoms with Gasteiger partial charge in [0.1, 0.15) is 24.0 Å². The van der Waals surface area contributed by atoms with Gasteiger partial charge in [-0.25, -0.2) is 4.39 Å². The molecule has 3 heterocycles. The monoisotopic (exact) mass is 463 g/mol. The van der Waals surface area contributed by atoms with E-state index in [-0.39, 0.29) is 35.8 Å². The molecule has 4 aromatic rings. The van der Waals surface area contributed by atoms with Crippen molar-refractivity contribution in [2.24, 2.45) is 0 Å². The Morgan fingerprint density at radius 2 is 1.91 bits per heavy atom. The van der Waals surface area contributed by atoms with Gasteiger partial charge in [-0.3, -0.25) is 4.79 Å². The minimum atomic E-state index is -0.324. The molecule has 9 heteroatoms. The number of anilines is 1. The van der Waals surface area contributed by atoms with Crippen LogP contribution in [0.3, 0.4) is 0 Å². The summed E-state index contributed by atoms with van der Waals surface area (Å²) in [4.78, 5) is 12.7. The van der Waals surface area contributed by atoms with Gasteiger partial charge in [-0.15, -0.1) is 10.2 Å². The predicted octanol–water partition coefficient (Wildman–Crippen LogP) is 4.82. The van der Waals surface area contributed by atoms with Crippen LogP contribution in [0.1, 0.15) is 34.7 Å². The van der Waals surface area contributed by atoms with Crippen LogP contribution in [0.4, 0.5) is 10.2 Å². The van der Waals surface area contributed by atoms with Gasteiger partial charge >= 0.3 is 0 Å². The molecule has 0 saturated carbocycles. The number of nitrogens with zero attached hydrogens (tertiary/aromatic N) is 4. The summed E-state index contributed by atoms with van der Waals surface area (Å²) in [5.74, 6) is 0.794. The number of carbonyl (C=O) groups is 1. The number of halogens is 2. The van der Waals surface area contributed by atoms with Crippen molar-refractivity contribution >= 4 is 23.3 Å². The Bertz CT molecular complexity index is 1340. The molecule has 2 aromatic heterocycles. The van der Waals surface area contributed by atoms with Crippen LogP contribution in [0.25, 0.3) is 5.82 Å². The number of benzene rings is 2. The quantitative estimate of drug-likeness (QED) is 0.459. The lowest BCUT2D eigenvalue weighted by atomic mass is 9.85. The van der Waals surface area contributed by atoms with Crippen molar-refractivity contribution in [1.29, 1.82) is 0 Å². The van der Waals surface area contributed by atoms with E-state index in [1.807, 2.05) is 31.2 Å². The lowest BCUT2D eigenvalue weighted by Crippen LogP contribution is -2.25. The summed E-state index contributed by atoms with van der Waals surface area (Å²) >= 11 is 5.86. The molecule has 1 aliphatic rings. The van der Waals surface area contributed by atoms with Crippen LogP contribution in [-0.4, -0.2) is 25.9 Å². The highest BCUT2D eigenvalue weighted by atomic mass is 35.5. The molecule has 5 rings (SSSR count). The van der Waals surface area contributed by atoms with E-state index in [1.165, 1.54) is 6.07 Å². The number of hydrogen-bond donors (Lipinski definition) is 1. The summed E-state index contributed by atoms with van der Waals surface area (Å²) in [6.45, 7) is 1.96. The predicted molar refractivity (Wildman–Crippen MR) is 121 cm³/mol. The summed E-state index contributed by atoms with van der Waals surface area (Å²) in [5.41, 5.74) is 2.90. The minimum absolute atomic E-state index is 0.0774. The average Bonchev–Trinajstić information content (AvgIpc) is 3.15. The smallest absolute Gasteiger partial charge is 0.226 e. The van der Waals surface area contributed by atoms with E-state index in [0.717, 1.165) is 16.8 Å². The molecule has 1 aliphatic heterocycles. The molecule has 1 N–H and O–H groups in total. The molecule has 0 saturated heterocycles. The van der Waals surface area contributed by atoms with E-state index in [4.69, 9.17) is 16.3 Å². The molecule has 0 aliphatic carbocycles. The molecule has 1 atom stereocenters. The van der Waals surface area contributed by atoms with Crippen LogP contribution < -0.4 is 10.1 Å². The molecule has 0 bridgehead atoms. The molecule has 1 unspecified atom stereocenters. The Kier molecular flexibility index (Phi) is 5.51. The largest absolute Gasteiger partial charge is 0.488 e. The number of aryl methyl sites for hydroxylation is 1. The van der Waals surface area contributed by atoms with E-state index < -0.39 is 0 Å². The molecular formula is C24H19ClFN5O2. The van der Waals surface area contributed by atoms with Crippen molar-refractivity contribution in [3.63, 3.8) is 0 Å². The highest BCUT2D eigenvalue weighted by Gasteiger charge is 2.34. The van der Waals surface area contributed by atoms with Gasteiger partial charge in [0.25, 0.3) is 0 Å². The number of hydrogen-bond acceptors (Lipinski definition) is 5. The number of aromatic nitrogens is 4. The molecule has 7 nitrogen and oxygen atoms in total. The maximum absolute atomic E-state index is 14.1. The second-order valence-corrected chi connectivity index (χ2v) is 8.08. The molecule has 1 amide bonds. The second kappa shape index (κ2) is 8.63. The van der Waals surface area contributed by atoms with E-state index in [9.17, 15) is 9.18 Å². The molecule has 166 valence electrons. The number of rotatable bonds is 5. The fourth-order valence-electron chi connectivity index (χ4n) is 4.07. The van der Waals surface area contributed by atoms with Gasteiger partial charge in [0.2, 0.25) is 5.91 Å². The van der Waals surface area contributed by atoms with Gasteiger partial charge < -0.3 is 10.1 Å². The van der Waals surface area contributed by atoms with Crippen LogP contribution >= 0.6 is 11.6 Å². The Hall–Kier alpha value is -3.78. The highest BCUT2D eigenvalue weighted by Crippen LogP contribution is 2.43. The molecule has 0 radical (unpaired) electrons. The first kappa shape index (κ1) is 21.1. The van der Waals surface area contributed by atoms with Gasteiger partial charge in [0, 0.05) is 29.0 Å². The van der Waals surface area contributed by atoms with Gasteiger partial charge in [0.05, 0.1) is 5.69 Å². The number of nitrogens with one attached hydrogen (secondary N) is 1. The first-order chi connectivity index (χ1) is 16.0. The van der Waals surface area contributed by atoms with Crippen LogP contribution in [-0.2, 0) is 11.4 Å². The number of amides is 1. The molecule has 33 heavy (non-hydrogen) atoms. The number of ether oxygens (including phenoxy) is 1. The van der Waals surface area contributed by atoms with Gasteiger partial charge in [-0.05, 0) is 31.2 Å². The summed E-state index contributed by atoms with van der Waals surface area (Å²) in [7, 11) is 0. The number of carbonyl (C=O) groups excluding carboxylic acids is 1. The summed E-state index contributed by atoms with van der Waals surface area (Å²) in [6, 6.07) is 17.3. The average molecular weight is 464 g/mol.